The van der Waals surface area contributed by atoms with Crippen LogP contribution < -0.4 is 0 Å². The van der Waals surface area contributed by atoms with Crippen molar-refractivity contribution in [2.24, 2.45) is 0 Å². The van der Waals surface area contributed by atoms with Crippen LogP contribution in [0.15, 0.2) is 72.8 Å². The van der Waals surface area contributed by atoms with E-state index >= 15 is 0 Å². The lowest BCUT2D eigenvalue weighted by Crippen LogP contribution is -2.12. The van der Waals surface area contributed by atoms with Gasteiger partial charge in [-0.05, 0) is 30.5 Å². The van der Waals surface area contributed by atoms with E-state index in [9.17, 15) is 4.79 Å². The van der Waals surface area contributed by atoms with Crippen LogP contribution in [0.5, 0.6) is 0 Å². The van der Waals surface area contributed by atoms with E-state index in [4.69, 9.17) is 9.16 Å². The number of rotatable bonds is 10. The predicted molar refractivity (Wildman–Crippen MR) is 104 cm³/mol. The molecule has 0 bridgehead atoms. The topological polar surface area (TPSA) is 35.5 Å². The first-order valence-electron chi connectivity index (χ1n) is 8.68. The summed E-state index contributed by atoms with van der Waals surface area (Å²) in [6.07, 6.45) is 0.854. The Morgan fingerprint density at radius 3 is 2.12 bits per heavy atom. The monoisotopic (exact) mass is 354 g/mol. The highest BCUT2D eigenvalue weighted by Crippen LogP contribution is 2.24. The van der Waals surface area contributed by atoms with Crippen molar-refractivity contribution in [2.45, 2.75) is 25.3 Å². The van der Waals surface area contributed by atoms with Crippen LogP contribution in [-0.2, 0) is 14.0 Å². The molecule has 0 atom stereocenters. The van der Waals surface area contributed by atoms with E-state index in [1.807, 2.05) is 12.1 Å². The molecule has 2 aromatic rings. The minimum atomic E-state index is -0.619. The van der Waals surface area contributed by atoms with Gasteiger partial charge in [0.05, 0.1) is 6.61 Å². The van der Waals surface area contributed by atoms with E-state index in [0.29, 0.717) is 18.8 Å². The third kappa shape index (κ3) is 6.68. The summed E-state index contributed by atoms with van der Waals surface area (Å²) in [7, 11) is -0.619. The Morgan fingerprint density at radius 2 is 1.60 bits per heavy atom. The number of carbonyl (C=O) groups is 1. The molecule has 0 amide bonds. The van der Waals surface area contributed by atoms with Gasteiger partial charge in [-0.15, -0.1) is 0 Å². The first-order chi connectivity index (χ1) is 12.2. The Hall–Kier alpha value is -2.17. The molecule has 0 spiro atoms. The molecule has 0 aliphatic heterocycles. The molecule has 0 aliphatic rings. The molecule has 3 nitrogen and oxygen atoms in total. The van der Waals surface area contributed by atoms with Gasteiger partial charge < -0.3 is 9.16 Å². The van der Waals surface area contributed by atoms with Crippen molar-refractivity contribution >= 4 is 15.7 Å². The van der Waals surface area contributed by atoms with Crippen LogP contribution in [0.4, 0.5) is 0 Å². The number of ether oxygens (including phenoxy) is 1. The molecule has 0 saturated carbocycles. The lowest BCUT2D eigenvalue weighted by Gasteiger charge is -2.18. The maximum absolute atomic E-state index is 11.3. The average Bonchev–Trinajstić information content (AvgIpc) is 2.65. The summed E-state index contributed by atoms with van der Waals surface area (Å²) < 4.78 is 11.1. The van der Waals surface area contributed by atoms with Crippen molar-refractivity contribution in [3.05, 3.63) is 83.9 Å². The molecule has 0 N–H and O–H groups in total. The van der Waals surface area contributed by atoms with Gasteiger partial charge in [0.1, 0.15) is 0 Å². The third-order valence-corrected chi connectivity index (χ3v) is 5.27. The smallest absolute Gasteiger partial charge is 0.333 e. The minimum Gasteiger partial charge on any atom is -0.462 e. The van der Waals surface area contributed by atoms with Gasteiger partial charge in [-0.3, -0.25) is 0 Å². The van der Waals surface area contributed by atoms with E-state index < -0.39 is 9.76 Å². The third-order valence-electron chi connectivity index (χ3n) is 3.95. The molecule has 0 unspecified atom stereocenters. The van der Waals surface area contributed by atoms with Crippen LogP contribution >= 0.6 is 0 Å². The number of benzene rings is 2. The van der Waals surface area contributed by atoms with Gasteiger partial charge >= 0.3 is 5.97 Å². The van der Waals surface area contributed by atoms with Gasteiger partial charge in [0.15, 0.2) is 9.76 Å². The zero-order valence-electron chi connectivity index (χ0n) is 14.8. The molecule has 0 aromatic heterocycles. The first-order valence-corrected chi connectivity index (χ1v) is 10.3. The van der Waals surface area contributed by atoms with Crippen LogP contribution in [0.3, 0.4) is 0 Å². The van der Waals surface area contributed by atoms with Crippen molar-refractivity contribution in [3.63, 3.8) is 0 Å². The van der Waals surface area contributed by atoms with Crippen LogP contribution in [0.1, 0.15) is 30.4 Å². The van der Waals surface area contributed by atoms with Crippen molar-refractivity contribution in [2.75, 3.05) is 13.2 Å². The normalized spacial score (nSPS) is 11.1. The SMILES string of the molecule is C=C(C)C(=O)OCCC[SiH2]OCC(c1ccccc1)c1ccccc1. The molecular formula is C21H26O3Si. The largest absolute Gasteiger partial charge is 0.462 e. The molecule has 132 valence electrons. The van der Waals surface area contributed by atoms with E-state index in [0.717, 1.165) is 12.5 Å². The van der Waals surface area contributed by atoms with Crippen LogP contribution in [0.2, 0.25) is 6.04 Å². The summed E-state index contributed by atoms with van der Waals surface area (Å²) in [6.45, 7) is 6.38. The summed E-state index contributed by atoms with van der Waals surface area (Å²) in [4.78, 5) is 11.3. The van der Waals surface area contributed by atoms with Gasteiger partial charge in [0.2, 0.25) is 0 Å². The van der Waals surface area contributed by atoms with Crippen LogP contribution in [-0.4, -0.2) is 28.9 Å². The molecule has 2 aromatic carbocycles. The first kappa shape index (κ1) is 19.2. The molecule has 0 heterocycles. The molecule has 25 heavy (non-hydrogen) atoms. The van der Waals surface area contributed by atoms with Gasteiger partial charge in [-0.1, -0.05) is 67.2 Å². The number of carbonyl (C=O) groups excluding carboxylic acids is 1. The second-order valence-electron chi connectivity index (χ2n) is 6.07. The Kier molecular flexibility index (Phi) is 8.15. The second-order valence-corrected chi connectivity index (χ2v) is 7.60. The Balaban J connectivity index is 1.77. The quantitative estimate of drug-likeness (QED) is 0.281. The molecule has 0 saturated heterocycles. The van der Waals surface area contributed by atoms with Gasteiger partial charge in [-0.25, -0.2) is 4.79 Å². The fourth-order valence-electron chi connectivity index (χ4n) is 2.55. The van der Waals surface area contributed by atoms with E-state index in [1.54, 1.807) is 6.92 Å². The maximum Gasteiger partial charge on any atom is 0.333 e. The van der Waals surface area contributed by atoms with E-state index in [2.05, 4.69) is 55.1 Å². The minimum absolute atomic E-state index is 0.260. The number of hydrogen-bond donors (Lipinski definition) is 0. The van der Waals surface area contributed by atoms with Crippen molar-refractivity contribution in [1.82, 2.24) is 0 Å². The highest BCUT2D eigenvalue weighted by atomic mass is 28.2. The van der Waals surface area contributed by atoms with Crippen molar-refractivity contribution in [1.29, 1.82) is 0 Å². The van der Waals surface area contributed by atoms with Crippen molar-refractivity contribution in [3.8, 4) is 0 Å². The summed E-state index contributed by atoms with van der Waals surface area (Å²) in [5, 5.41) is 0. The summed E-state index contributed by atoms with van der Waals surface area (Å²) in [5.41, 5.74) is 3.00. The number of esters is 1. The van der Waals surface area contributed by atoms with Crippen LogP contribution in [0, 0.1) is 0 Å². The van der Waals surface area contributed by atoms with E-state index in [-0.39, 0.29) is 11.9 Å². The highest BCUT2D eigenvalue weighted by Gasteiger charge is 2.13. The molecule has 0 fully saturated rings. The van der Waals surface area contributed by atoms with Crippen molar-refractivity contribution < 1.29 is 14.0 Å². The van der Waals surface area contributed by atoms with E-state index in [1.165, 1.54) is 11.1 Å². The fourth-order valence-corrected chi connectivity index (χ4v) is 3.57. The molecule has 0 aliphatic carbocycles. The molecule has 4 heteroatoms. The maximum atomic E-state index is 11.3. The lowest BCUT2D eigenvalue weighted by atomic mass is 9.92. The zero-order valence-corrected chi connectivity index (χ0v) is 16.2. The summed E-state index contributed by atoms with van der Waals surface area (Å²) in [6, 6.07) is 22.0. The molecular weight excluding hydrogens is 328 g/mol. The Bertz CT molecular complexity index is 616. The predicted octanol–water partition coefficient (Wildman–Crippen LogP) is 3.85. The van der Waals surface area contributed by atoms with Gasteiger partial charge in [-0.2, -0.15) is 0 Å². The summed E-state index contributed by atoms with van der Waals surface area (Å²) >= 11 is 0. The van der Waals surface area contributed by atoms with Gasteiger partial charge in [0, 0.05) is 18.1 Å². The highest BCUT2D eigenvalue weighted by molar-refractivity contribution is 6.27. The van der Waals surface area contributed by atoms with Crippen LogP contribution in [0.25, 0.3) is 0 Å². The average molecular weight is 355 g/mol. The standard InChI is InChI=1S/C21H26O3Si/c1-17(2)21(22)23-14-9-15-25-24-16-20(18-10-5-3-6-11-18)19-12-7-4-8-13-19/h3-8,10-13,20H,1,9,14-16,25H2,2H3. The fraction of sp³-hybridized carbons (Fsp3) is 0.286. The second kappa shape index (κ2) is 10.6. The zero-order chi connectivity index (χ0) is 17.9. The summed E-state index contributed by atoms with van der Waals surface area (Å²) in [5.74, 6) is -0.0491. The molecule has 0 radical (unpaired) electrons. The Morgan fingerprint density at radius 1 is 1.04 bits per heavy atom. The molecule has 2 rings (SSSR count). The Labute approximate surface area is 152 Å². The number of hydrogen-bond acceptors (Lipinski definition) is 3. The lowest BCUT2D eigenvalue weighted by molar-refractivity contribution is -0.138. The van der Waals surface area contributed by atoms with Gasteiger partial charge in [0.25, 0.3) is 0 Å².